The number of likely N-dealkylation sites (tertiary alicyclic amines) is 1. The fraction of sp³-hybridized carbons (Fsp3) is 0.444. The predicted octanol–water partition coefficient (Wildman–Crippen LogP) is 1.74. The van der Waals surface area contributed by atoms with Gasteiger partial charge in [0.15, 0.2) is 0 Å². The maximum Gasteiger partial charge on any atom is 0.271 e. The lowest BCUT2D eigenvalue weighted by Gasteiger charge is -2.26. The molecule has 1 aliphatic heterocycles. The Morgan fingerprint density at radius 3 is 2.88 bits per heavy atom. The molecule has 0 aliphatic carbocycles. The molecule has 0 saturated carbocycles. The van der Waals surface area contributed by atoms with E-state index < -0.39 is 0 Å². The van der Waals surface area contributed by atoms with Crippen LogP contribution in [0.2, 0.25) is 0 Å². The van der Waals surface area contributed by atoms with Gasteiger partial charge in [-0.3, -0.25) is 9.59 Å². The molecule has 1 atom stereocenters. The molecule has 2 amide bonds. The second-order valence-electron chi connectivity index (χ2n) is 6.40. The monoisotopic (exact) mass is 341 g/mol. The van der Waals surface area contributed by atoms with E-state index in [1.807, 2.05) is 41.8 Å². The summed E-state index contributed by atoms with van der Waals surface area (Å²) in [7, 11) is 1.87. The SMILES string of the molecule is CC(=O)NCc1cnc(C)nc1[C@@H]1CCCN1C(=O)c1cccn1C. The Labute approximate surface area is 147 Å². The van der Waals surface area contributed by atoms with Crippen molar-refractivity contribution < 1.29 is 9.59 Å². The maximum atomic E-state index is 13.0. The second kappa shape index (κ2) is 7.04. The minimum Gasteiger partial charge on any atom is -0.352 e. The molecule has 2 aromatic heterocycles. The molecule has 7 nitrogen and oxygen atoms in total. The molecule has 0 spiro atoms. The van der Waals surface area contributed by atoms with Crippen molar-refractivity contribution >= 4 is 11.8 Å². The first-order chi connectivity index (χ1) is 12.0. The van der Waals surface area contributed by atoms with Crippen LogP contribution in [0.4, 0.5) is 0 Å². The summed E-state index contributed by atoms with van der Waals surface area (Å²) >= 11 is 0. The van der Waals surface area contributed by atoms with Crippen molar-refractivity contribution in [3.05, 3.63) is 47.3 Å². The van der Waals surface area contributed by atoms with Gasteiger partial charge < -0.3 is 14.8 Å². The van der Waals surface area contributed by atoms with E-state index in [2.05, 4.69) is 15.3 Å². The second-order valence-corrected chi connectivity index (χ2v) is 6.40. The number of carbonyl (C=O) groups excluding carboxylic acids is 2. The van der Waals surface area contributed by atoms with Crippen LogP contribution in [0.15, 0.2) is 24.5 Å². The molecule has 7 heteroatoms. The van der Waals surface area contributed by atoms with Gasteiger partial charge in [0.1, 0.15) is 11.5 Å². The number of aromatic nitrogens is 3. The number of hydrogen-bond donors (Lipinski definition) is 1. The first-order valence-electron chi connectivity index (χ1n) is 8.46. The quantitative estimate of drug-likeness (QED) is 0.918. The van der Waals surface area contributed by atoms with Crippen LogP contribution in [-0.4, -0.2) is 37.8 Å². The third kappa shape index (κ3) is 3.55. The van der Waals surface area contributed by atoms with Crippen molar-refractivity contribution in [2.24, 2.45) is 7.05 Å². The molecule has 0 bridgehead atoms. The average molecular weight is 341 g/mol. The molecule has 1 fully saturated rings. The van der Waals surface area contributed by atoms with E-state index in [4.69, 9.17) is 0 Å². The van der Waals surface area contributed by atoms with Gasteiger partial charge in [0.25, 0.3) is 5.91 Å². The molecule has 0 radical (unpaired) electrons. The number of hydrogen-bond acceptors (Lipinski definition) is 4. The zero-order valence-corrected chi connectivity index (χ0v) is 14.8. The molecule has 25 heavy (non-hydrogen) atoms. The van der Waals surface area contributed by atoms with E-state index in [0.29, 0.717) is 24.6 Å². The third-order valence-corrected chi connectivity index (χ3v) is 4.54. The van der Waals surface area contributed by atoms with Crippen LogP contribution in [0.25, 0.3) is 0 Å². The molecular weight excluding hydrogens is 318 g/mol. The number of aryl methyl sites for hydroxylation is 2. The summed E-state index contributed by atoms with van der Waals surface area (Å²) in [4.78, 5) is 35.0. The van der Waals surface area contributed by atoms with E-state index in [9.17, 15) is 9.59 Å². The summed E-state index contributed by atoms with van der Waals surface area (Å²) in [6.45, 7) is 4.39. The molecule has 2 aromatic rings. The largest absolute Gasteiger partial charge is 0.352 e. The summed E-state index contributed by atoms with van der Waals surface area (Å²) in [5.74, 6) is 0.575. The van der Waals surface area contributed by atoms with Crippen LogP contribution in [-0.2, 0) is 18.4 Å². The van der Waals surface area contributed by atoms with E-state index in [1.165, 1.54) is 6.92 Å². The van der Waals surface area contributed by atoms with E-state index in [0.717, 1.165) is 24.1 Å². The lowest BCUT2D eigenvalue weighted by molar-refractivity contribution is -0.119. The van der Waals surface area contributed by atoms with Crippen molar-refractivity contribution in [3.63, 3.8) is 0 Å². The summed E-state index contributed by atoms with van der Waals surface area (Å²) in [5, 5.41) is 2.80. The molecule has 3 heterocycles. The molecule has 1 N–H and O–H groups in total. The molecule has 132 valence electrons. The summed E-state index contributed by atoms with van der Waals surface area (Å²) in [5.41, 5.74) is 2.36. The fourth-order valence-corrected chi connectivity index (χ4v) is 3.28. The summed E-state index contributed by atoms with van der Waals surface area (Å²) in [6, 6.07) is 3.61. The lowest BCUT2D eigenvalue weighted by atomic mass is 10.1. The van der Waals surface area contributed by atoms with E-state index in [-0.39, 0.29) is 17.9 Å². The first-order valence-corrected chi connectivity index (χ1v) is 8.46. The van der Waals surface area contributed by atoms with Crippen molar-refractivity contribution in [3.8, 4) is 0 Å². The number of nitrogens with one attached hydrogen (secondary N) is 1. The third-order valence-electron chi connectivity index (χ3n) is 4.54. The van der Waals surface area contributed by atoms with Gasteiger partial charge in [-0.25, -0.2) is 9.97 Å². The van der Waals surface area contributed by atoms with Gasteiger partial charge in [0.05, 0.1) is 11.7 Å². The first kappa shape index (κ1) is 17.1. The summed E-state index contributed by atoms with van der Waals surface area (Å²) in [6.07, 6.45) is 5.41. The zero-order valence-electron chi connectivity index (χ0n) is 14.8. The number of nitrogens with zero attached hydrogens (tertiary/aromatic N) is 4. The van der Waals surface area contributed by atoms with Gasteiger partial charge in [-0.05, 0) is 31.9 Å². The van der Waals surface area contributed by atoms with Gasteiger partial charge in [-0.1, -0.05) is 0 Å². The van der Waals surface area contributed by atoms with Crippen LogP contribution in [0.3, 0.4) is 0 Å². The summed E-state index contributed by atoms with van der Waals surface area (Å²) < 4.78 is 1.83. The Bertz CT molecular complexity index is 799. The van der Waals surface area contributed by atoms with E-state index >= 15 is 0 Å². The van der Waals surface area contributed by atoms with Crippen LogP contribution >= 0.6 is 0 Å². The van der Waals surface area contributed by atoms with Gasteiger partial charge in [-0.15, -0.1) is 0 Å². The van der Waals surface area contributed by atoms with Gasteiger partial charge in [0, 0.05) is 45.0 Å². The molecule has 0 unspecified atom stereocenters. The smallest absolute Gasteiger partial charge is 0.271 e. The number of amides is 2. The highest BCUT2D eigenvalue weighted by Crippen LogP contribution is 2.33. The predicted molar refractivity (Wildman–Crippen MR) is 92.7 cm³/mol. The molecule has 1 saturated heterocycles. The lowest BCUT2D eigenvalue weighted by Crippen LogP contribution is -2.33. The minimum atomic E-state index is -0.102. The Balaban J connectivity index is 1.91. The number of carbonyl (C=O) groups is 2. The Hall–Kier alpha value is -2.70. The van der Waals surface area contributed by atoms with Crippen LogP contribution in [0.1, 0.15) is 53.4 Å². The highest BCUT2D eigenvalue weighted by molar-refractivity contribution is 5.93. The van der Waals surface area contributed by atoms with Crippen molar-refractivity contribution in [1.82, 2.24) is 24.8 Å². The van der Waals surface area contributed by atoms with Gasteiger partial charge in [-0.2, -0.15) is 0 Å². The van der Waals surface area contributed by atoms with Crippen molar-refractivity contribution in [1.29, 1.82) is 0 Å². The standard InChI is InChI=1S/C18H23N5O2/c1-12-19-10-14(11-20-13(2)24)17(21-12)15-6-5-9-23(15)18(25)16-7-4-8-22(16)3/h4,7-8,10,15H,5-6,9,11H2,1-3H3,(H,20,24)/t15-/m0/s1. The van der Waals surface area contributed by atoms with Gasteiger partial charge >= 0.3 is 0 Å². The minimum absolute atomic E-state index is 0.0109. The van der Waals surface area contributed by atoms with Crippen molar-refractivity contribution in [2.75, 3.05) is 6.54 Å². The highest BCUT2D eigenvalue weighted by atomic mass is 16.2. The fourth-order valence-electron chi connectivity index (χ4n) is 3.28. The number of rotatable bonds is 4. The molecular formula is C18H23N5O2. The normalized spacial score (nSPS) is 16.9. The van der Waals surface area contributed by atoms with Gasteiger partial charge in [0.2, 0.25) is 5.91 Å². The van der Waals surface area contributed by atoms with Crippen molar-refractivity contribution in [2.45, 2.75) is 39.3 Å². The Morgan fingerprint density at radius 2 is 2.20 bits per heavy atom. The average Bonchev–Trinajstić information content (AvgIpc) is 3.21. The molecule has 0 aromatic carbocycles. The van der Waals surface area contributed by atoms with Crippen LogP contribution in [0, 0.1) is 6.92 Å². The van der Waals surface area contributed by atoms with Crippen LogP contribution < -0.4 is 5.32 Å². The maximum absolute atomic E-state index is 13.0. The van der Waals surface area contributed by atoms with E-state index in [1.54, 1.807) is 6.20 Å². The molecule has 1 aliphatic rings. The molecule has 3 rings (SSSR count). The topological polar surface area (TPSA) is 80.1 Å². The zero-order chi connectivity index (χ0) is 18.0. The Morgan fingerprint density at radius 1 is 1.40 bits per heavy atom. The Kier molecular flexibility index (Phi) is 4.83. The van der Waals surface area contributed by atoms with Crippen LogP contribution in [0.5, 0.6) is 0 Å². The highest BCUT2D eigenvalue weighted by Gasteiger charge is 2.34.